The first-order chi connectivity index (χ1) is 12.6. The normalized spacial score (nSPS) is 14.8. The molecule has 0 radical (unpaired) electrons. The van der Waals surface area contributed by atoms with E-state index in [0.717, 1.165) is 0 Å². The van der Waals surface area contributed by atoms with E-state index in [9.17, 15) is 0 Å². The van der Waals surface area contributed by atoms with Gasteiger partial charge >= 0.3 is 0 Å². The summed E-state index contributed by atoms with van der Waals surface area (Å²) in [4.78, 5) is 0. The Labute approximate surface area is 164 Å². The SMILES string of the molecule is Cc1ccc(-c2ccc3c(c2)C(C)(C)c2cc(C(C)(C)C)ccc2-3)cc1C. The van der Waals surface area contributed by atoms with E-state index in [0.29, 0.717) is 0 Å². The first-order valence-corrected chi connectivity index (χ1v) is 9.96. The predicted molar refractivity (Wildman–Crippen MR) is 118 cm³/mol. The fraction of sp³-hybridized carbons (Fsp3) is 0.333. The molecule has 0 unspecified atom stereocenters. The Balaban J connectivity index is 1.86. The zero-order valence-corrected chi connectivity index (χ0v) is 17.7. The van der Waals surface area contributed by atoms with Crippen molar-refractivity contribution < 1.29 is 0 Å². The zero-order chi connectivity index (χ0) is 19.6. The number of fused-ring (bicyclic) bond motifs is 3. The van der Waals surface area contributed by atoms with Crippen molar-refractivity contribution in [2.45, 2.75) is 59.3 Å². The first-order valence-electron chi connectivity index (χ1n) is 9.96. The lowest BCUT2D eigenvalue weighted by atomic mass is 9.78. The van der Waals surface area contributed by atoms with Crippen molar-refractivity contribution in [3.05, 3.63) is 82.4 Å². The van der Waals surface area contributed by atoms with Crippen molar-refractivity contribution in [1.29, 1.82) is 0 Å². The molecule has 4 rings (SSSR count). The van der Waals surface area contributed by atoms with Gasteiger partial charge in [-0.05, 0) is 75.4 Å². The summed E-state index contributed by atoms with van der Waals surface area (Å²) in [5.41, 5.74) is 12.6. The average molecular weight is 355 g/mol. The molecule has 1 aliphatic rings. The fourth-order valence-corrected chi connectivity index (χ4v) is 4.30. The standard InChI is InChI=1S/C27H30/c1-17-8-9-19(14-18(17)2)20-10-12-22-23-13-11-21(26(3,4)5)16-25(23)27(6,7)24(22)15-20/h8-16H,1-7H3. The smallest absolute Gasteiger partial charge is 0.0159 e. The number of benzene rings is 3. The number of aryl methyl sites for hydroxylation is 2. The van der Waals surface area contributed by atoms with Crippen LogP contribution < -0.4 is 0 Å². The van der Waals surface area contributed by atoms with Gasteiger partial charge in [0.25, 0.3) is 0 Å². The molecule has 0 N–H and O–H groups in total. The minimum atomic E-state index is 0.0294. The summed E-state index contributed by atoms with van der Waals surface area (Å²) in [6, 6.07) is 20.9. The Bertz CT molecular complexity index is 1040. The van der Waals surface area contributed by atoms with E-state index in [2.05, 4.69) is 103 Å². The third-order valence-electron chi connectivity index (χ3n) is 6.38. The van der Waals surface area contributed by atoms with Crippen LogP contribution in [-0.2, 0) is 10.8 Å². The zero-order valence-electron chi connectivity index (χ0n) is 17.7. The molecule has 0 heteroatoms. The molecule has 1 aliphatic carbocycles. The summed E-state index contributed by atoms with van der Waals surface area (Å²) in [6.07, 6.45) is 0. The van der Waals surface area contributed by atoms with Crippen molar-refractivity contribution in [3.63, 3.8) is 0 Å². The van der Waals surface area contributed by atoms with Gasteiger partial charge in [0, 0.05) is 5.41 Å². The molecule has 0 amide bonds. The second-order valence-corrected chi connectivity index (χ2v) is 9.69. The van der Waals surface area contributed by atoms with Crippen LogP contribution in [0.15, 0.2) is 54.6 Å². The molecule has 3 aromatic rings. The highest BCUT2D eigenvalue weighted by molar-refractivity contribution is 5.84. The highest BCUT2D eigenvalue weighted by Gasteiger charge is 2.36. The molecular weight excluding hydrogens is 324 g/mol. The molecule has 0 nitrogen and oxygen atoms in total. The lowest BCUT2D eigenvalue weighted by molar-refractivity contribution is 0.584. The van der Waals surface area contributed by atoms with Gasteiger partial charge in [-0.15, -0.1) is 0 Å². The van der Waals surface area contributed by atoms with Gasteiger partial charge in [-0.3, -0.25) is 0 Å². The van der Waals surface area contributed by atoms with Crippen LogP contribution in [0.1, 0.15) is 62.4 Å². The van der Waals surface area contributed by atoms with Gasteiger partial charge in [0.2, 0.25) is 0 Å². The largest absolute Gasteiger partial charge is 0.0584 e. The van der Waals surface area contributed by atoms with Gasteiger partial charge in [-0.2, -0.15) is 0 Å². The van der Waals surface area contributed by atoms with Crippen molar-refractivity contribution in [2.75, 3.05) is 0 Å². The molecule has 0 aromatic heterocycles. The Morgan fingerprint density at radius 2 is 1.19 bits per heavy atom. The van der Waals surface area contributed by atoms with E-state index >= 15 is 0 Å². The minimum Gasteiger partial charge on any atom is -0.0584 e. The van der Waals surface area contributed by atoms with Crippen LogP contribution in [-0.4, -0.2) is 0 Å². The minimum absolute atomic E-state index is 0.0294. The van der Waals surface area contributed by atoms with Crippen LogP contribution in [0, 0.1) is 13.8 Å². The van der Waals surface area contributed by atoms with Crippen molar-refractivity contribution in [1.82, 2.24) is 0 Å². The molecule has 138 valence electrons. The van der Waals surface area contributed by atoms with Gasteiger partial charge in [-0.25, -0.2) is 0 Å². The Morgan fingerprint density at radius 1 is 0.630 bits per heavy atom. The molecule has 0 heterocycles. The Kier molecular flexibility index (Phi) is 3.89. The topological polar surface area (TPSA) is 0 Å². The van der Waals surface area contributed by atoms with Crippen molar-refractivity contribution in [2.24, 2.45) is 0 Å². The molecule has 0 bridgehead atoms. The lowest BCUT2D eigenvalue weighted by Gasteiger charge is -2.25. The van der Waals surface area contributed by atoms with Crippen LogP contribution in [0.25, 0.3) is 22.3 Å². The van der Waals surface area contributed by atoms with E-state index in [1.165, 1.54) is 50.1 Å². The molecule has 0 aliphatic heterocycles. The van der Waals surface area contributed by atoms with Gasteiger partial charge in [-0.1, -0.05) is 83.1 Å². The summed E-state index contributed by atoms with van der Waals surface area (Å²) in [5, 5.41) is 0. The third-order valence-corrected chi connectivity index (χ3v) is 6.38. The maximum atomic E-state index is 2.44. The fourth-order valence-electron chi connectivity index (χ4n) is 4.30. The Hall–Kier alpha value is -2.34. The van der Waals surface area contributed by atoms with Crippen LogP contribution >= 0.6 is 0 Å². The quantitative estimate of drug-likeness (QED) is 0.422. The first kappa shape index (κ1) is 18.0. The summed E-state index contributed by atoms with van der Waals surface area (Å²) in [6.45, 7) is 16.0. The van der Waals surface area contributed by atoms with Gasteiger partial charge in [0.15, 0.2) is 0 Å². The molecule has 0 saturated heterocycles. The molecule has 0 spiro atoms. The van der Waals surface area contributed by atoms with Crippen LogP contribution in [0.5, 0.6) is 0 Å². The van der Waals surface area contributed by atoms with Gasteiger partial charge < -0.3 is 0 Å². The molecule has 0 fully saturated rings. The molecule has 0 saturated carbocycles. The molecule has 0 atom stereocenters. The van der Waals surface area contributed by atoms with Crippen LogP contribution in [0.2, 0.25) is 0 Å². The second-order valence-electron chi connectivity index (χ2n) is 9.69. The molecule has 3 aromatic carbocycles. The highest BCUT2D eigenvalue weighted by atomic mass is 14.4. The maximum absolute atomic E-state index is 2.44. The maximum Gasteiger partial charge on any atom is 0.0159 e. The summed E-state index contributed by atoms with van der Waals surface area (Å²) >= 11 is 0. The summed E-state index contributed by atoms with van der Waals surface area (Å²) in [5.74, 6) is 0. The third kappa shape index (κ3) is 2.83. The van der Waals surface area contributed by atoms with E-state index < -0.39 is 0 Å². The molecular formula is C27H30. The summed E-state index contributed by atoms with van der Waals surface area (Å²) in [7, 11) is 0. The van der Waals surface area contributed by atoms with Gasteiger partial charge in [0.1, 0.15) is 0 Å². The van der Waals surface area contributed by atoms with E-state index in [4.69, 9.17) is 0 Å². The van der Waals surface area contributed by atoms with E-state index in [1.54, 1.807) is 0 Å². The van der Waals surface area contributed by atoms with Crippen LogP contribution in [0.3, 0.4) is 0 Å². The summed E-state index contributed by atoms with van der Waals surface area (Å²) < 4.78 is 0. The molecule has 27 heavy (non-hydrogen) atoms. The number of hydrogen-bond donors (Lipinski definition) is 0. The Morgan fingerprint density at radius 3 is 1.81 bits per heavy atom. The monoisotopic (exact) mass is 354 g/mol. The predicted octanol–water partition coefficient (Wildman–Crippen LogP) is 7.57. The highest BCUT2D eigenvalue weighted by Crippen LogP contribution is 2.50. The van der Waals surface area contributed by atoms with Crippen LogP contribution in [0.4, 0.5) is 0 Å². The van der Waals surface area contributed by atoms with Crippen molar-refractivity contribution in [3.8, 4) is 22.3 Å². The van der Waals surface area contributed by atoms with Gasteiger partial charge in [0.05, 0.1) is 0 Å². The number of hydrogen-bond acceptors (Lipinski definition) is 0. The average Bonchev–Trinajstić information content (AvgIpc) is 2.84. The second kappa shape index (κ2) is 5.83. The van der Waals surface area contributed by atoms with Crippen molar-refractivity contribution >= 4 is 0 Å². The van der Waals surface area contributed by atoms with E-state index in [1.807, 2.05) is 0 Å². The lowest BCUT2D eigenvalue weighted by Crippen LogP contribution is -2.17. The number of rotatable bonds is 1. The van der Waals surface area contributed by atoms with E-state index in [-0.39, 0.29) is 10.8 Å².